The molecule has 0 rings (SSSR count). The molecule has 6 N–H and O–H groups in total. The van der Waals surface area contributed by atoms with Crippen molar-refractivity contribution in [1.29, 1.82) is 0 Å². The Bertz CT molecular complexity index is 848. The lowest BCUT2D eigenvalue weighted by Gasteiger charge is -2.29. The molecule has 0 aliphatic rings. The highest BCUT2D eigenvalue weighted by Crippen LogP contribution is 2.15. The molecule has 0 saturated carbocycles. The van der Waals surface area contributed by atoms with Gasteiger partial charge in [-0.05, 0) is 63.9 Å². The molecule has 0 aliphatic carbocycles. The van der Waals surface area contributed by atoms with Crippen molar-refractivity contribution in [2.75, 3.05) is 18.6 Å². The second-order valence-corrected chi connectivity index (χ2v) is 13.1. The van der Waals surface area contributed by atoms with Crippen molar-refractivity contribution in [1.82, 2.24) is 21.3 Å². The van der Waals surface area contributed by atoms with Crippen molar-refractivity contribution in [3.8, 4) is 0 Å². The highest BCUT2D eigenvalue weighted by atomic mass is 32.2. The molecule has 4 amide bonds. The number of carbonyl (C=O) groups is 4. The molecule has 0 fully saturated rings. The van der Waals surface area contributed by atoms with Crippen LogP contribution in [0.5, 0.6) is 0 Å². The van der Waals surface area contributed by atoms with Gasteiger partial charge in [0.2, 0.25) is 17.7 Å². The molecular formula is C29H54N4O7S. The van der Waals surface area contributed by atoms with Crippen LogP contribution in [-0.4, -0.2) is 88.5 Å². The van der Waals surface area contributed by atoms with Gasteiger partial charge in [-0.3, -0.25) is 14.4 Å². The molecule has 41 heavy (non-hydrogen) atoms. The van der Waals surface area contributed by atoms with Crippen LogP contribution in [0.4, 0.5) is 4.79 Å². The van der Waals surface area contributed by atoms with Gasteiger partial charge in [-0.15, -0.1) is 6.58 Å². The fraction of sp³-hybridized carbons (Fsp3) is 0.793. The Balaban J connectivity index is 5.56. The van der Waals surface area contributed by atoms with Crippen molar-refractivity contribution >= 4 is 35.6 Å². The molecule has 0 aliphatic heterocycles. The average molecular weight is 603 g/mol. The first kappa shape index (κ1) is 38.7. The number of amides is 4. The number of ether oxygens (including phenoxy) is 1. The highest BCUT2D eigenvalue weighted by Gasteiger charge is 2.32. The fourth-order valence-electron chi connectivity index (χ4n) is 3.89. The van der Waals surface area contributed by atoms with Gasteiger partial charge in [0.25, 0.3) is 0 Å². The van der Waals surface area contributed by atoms with Crippen molar-refractivity contribution in [3.05, 3.63) is 12.7 Å². The van der Waals surface area contributed by atoms with E-state index in [0.29, 0.717) is 12.2 Å². The summed E-state index contributed by atoms with van der Waals surface area (Å²) in [5.74, 6) is -1.56. The first-order chi connectivity index (χ1) is 19.0. The highest BCUT2D eigenvalue weighted by molar-refractivity contribution is 7.98. The van der Waals surface area contributed by atoms with Gasteiger partial charge in [-0.25, -0.2) is 4.79 Å². The third-order valence-electron chi connectivity index (χ3n) is 6.45. The second-order valence-electron chi connectivity index (χ2n) is 12.1. The molecule has 0 heterocycles. The lowest BCUT2D eigenvalue weighted by atomic mass is 9.94. The summed E-state index contributed by atoms with van der Waals surface area (Å²) in [6, 6.07) is -3.00. The zero-order valence-corrected chi connectivity index (χ0v) is 27.1. The summed E-state index contributed by atoms with van der Waals surface area (Å²) >= 11 is 1.51. The Kier molecular flexibility index (Phi) is 17.9. The molecule has 0 aromatic carbocycles. The molecule has 0 spiro atoms. The number of alkyl carbamates (subject to hydrolysis) is 1. The second kappa shape index (κ2) is 19.0. The lowest BCUT2D eigenvalue weighted by molar-refractivity contribution is -0.131. The van der Waals surface area contributed by atoms with Gasteiger partial charge >= 0.3 is 6.09 Å². The van der Waals surface area contributed by atoms with E-state index in [4.69, 9.17) is 4.74 Å². The van der Waals surface area contributed by atoms with Gasteiger partial charge in [-0.2, -0.15) is 11.8 Å². The molecule has 0 unspecified atom stereocenters. The van der Waals surface area contributed by atoms with Crippen LogP contribution in [-0.2, 0) is 19.1 Å². The van der Waals surface area contributed by atoms with Crippen molar-refractivity contribution in [2.45, 2.75) is 111 Å². The van der Waals surface area contributed by atoms with E-state index in [2.05, 4.69) is 27.8 Å². The maximum Gasteiger partial charge on any atom is 0.408 e. The number of aliphatic hydroxyl groups excluding tert-OH is 2. The normalized spacial score (nSPS) is 16.1. The Morgan fingerprint density at radius 1 is 0.902 bits per heavy atom. The standard InChI is InChI=1S/C29H54N4O7S/c1-11-12-20(23(35)15-19(6)25(36)32-22(16-34)17(2)3)30-26(37)21(13-14-41-10)31-27(38)24(18(4)5)33-28(39)40-29(7,8)9/h11,17-24,34-35H,1,12-16H2,2-10H3,(H,30,37)(H,31,38)(H,32,36)(H,33,39)/t19-,20+,21+,22-,23+,24+/m1/s1. The Labute approximate surface area is 250 Å². The maximum absolute atomic E-state index is 13.4. The van der Waals surface area contributed by atoms with Gasteiger partial charge in [0.15, 0.2) is 0 Å². The van der Waals surface area contributed by atoms with Crippen LogP contribution in [0.15, 0.2) is 12.7 Å². The molecule has 12 heteroatoms. The summed E-state index contributed by atoms with van der Waals surface area (Å²) in [6.45, 7) is 17.7. The van der Waals surface area contributed by atoms with E-state index in [1.807, 2.05) is 20.1 Å². The molecule has 0 bridgehead atoms. The van der Waals surface area contributed by atoms with Crippen LogP contribution in [0.1, 0.15) is 74.7 Å². The molecule has 0 saturated heterocycles. The number of hydrogen-bond acceptors (Lipinski definition) is 8. The average Bonchev–Trinajstić information content (AvgIpc) is 2.85. The number of rotatable bonds is 18. The Morgan fingerprint density at radius 2 is 1.49 bits per heavy atom. The van der Waals surface area contributed by atoms with Crippen LogP contribution in [0.3, 0.4) is 0 Å². The molecular weight excluding hydrogens is 548 g/mol. The van der Waals surface area contributed by atoms with E-state index in [1.54, 1.807) is 47.6 Å². The summed E-state index contributed by atoms with van der Waals surface area (Å²) in [4.78, 5) is 51.5. The number of carbonyl (C=O) groups excluding carboxylic acids is 4. The minimum atomic E-state index is -1.07. The van der Waals surface area contributed by atoms with Crippen LogP contribution in [0.2, 0.25) is 0 Å². The van der Waals surface area contributed by atoms with Crippen LogP contribution < -0.4 is 21.3 Å². The van der Waals surface area contributed by atoms with Gasteiger partial charge in [0.1, 0.15) is 17.7 Å². The summed E-state index contributed by atoms with van der Waals surface area (Å²) in [7, 11) is 0. The molecule has 6 atom stereocenters. The quantitative estimate of drug-likeness (QED) is 0.130. The largest absolute Gasteiger partial charge is 0.444 e. The molecule has 0 aromatic rings. The zero-order chi connectivity index (χ0) is 31.9. The zero-order valence-electron chi connectivity index (χ0n) is 26.3. The molecule has 11 nitrogen and oxygen atoms in total. The van der Waals surface area contributed by atoms with Gasteiger partial charge in [0, 0.05) is 5.92 Å². The third kappa shape index (κ3) is 15.5. The number of hydrogen-bond donors (Lipinski definition) is 6. The topological polar surface area (TPSA) is 166 Å². The minimum absolute atomic E-state index is 0.0388. The fourth-order valence-corrected chi connectivity index (χ4v) is 4.36. The van der Waals surface area contributed by atoms with Crippen molar-refractivity contribution < 1.29 is 34.1 Å². The minimum Gasteiger partial charge on any atom is -0.444 e. The van der Waals surface area contributed by atoms with E-state index in [1.165, 1.54) is 11.8 Å². The summed E-state index contributed by atoms with van der Waals surface area (Å²) in [6.07, 6.45) is 2.27. The number of aliphatic hydroxyl groups is 2. The third-order valence-corrected chi connectivity index (χ3v) is 7.09. The summed E-state index contributed by atoms with van der Waals surface area (Å²) in [5, 5.41) is 31.4. The number of nitrogens with one attached hydrogen (secondary N) is 4. The predicted molar refractivity (Wildman–Crippen MR) is 163 cm³/mol. The molecule has 0 aromatic heterocycles. The summed E-state index contributed by atoms with van der Waals surface area (Å²) < 4.78 is 5.29. The van der Waals surface area contributed by atoms with E-state index in [0.717, 1.165) is 0 Å². The lowest BCUT2D eigenvalue weighted by Crippen LogP contribution is -2.57. The van der Waals surface area contributed by atoms with Crippen molar-refractivity contribution in [3.63, 3.8) is 0 Å². The van der Waals surface area contributed by atoms with E-state index in [9.17, 15) is 29.4 Å². The van der Waals surface area contributed by atoms with Crippen LogP contribution in [0, 0.1) is 17.8 Å². The first-order valence-corrected chi connectivity index (χ1v) is 15.7. The monoisotopic (exact) mass is 602 g/mol. The van der Waals surface area contributed by atoms with Crippen LogP contribution in [0.25, 0.3) is 0 Å². The van der Waals surface area contributed by atoms with E-state index < -0.39 is 59.7 Å². The van der Waals surface area contributed by atoms with E-state index >= 15 is 0 Å². The molecule has 0 radical (unpaired) electrons. The molecule has 238 valence electrons. The Morgan fingerprint density at radius 3 is 1.95 bits per heavy atom. The number of thioether (sulfide) groups is 1. The van der Waals surface area contributed by atoms with Gasteiger partial charge in [-0.1, -0.05) is 40.7 Å². The first-order valence-electron chi connectivity index (χ1n) is 14.3. The van der Waals surface area contributed by atoms with E-state index in [-0.39, 0.29) is 37.2 Å². The van der Waals surface area contributed by atoms with Crippen molar-refractivity contribution in [2.24, 2.45) is 17.8 Å². The predicted octanol–water partition coefficient (Wildman–Crippen LogP) is 2.35. The summed E-state index contributed by atoms with van der Waals surface area (Å²) in [5.41, 5.74) is -0.739. The Hall–Kier alpha value is -2.31. The van der Waals surface area contributed by atoms with Crippen LogP contribution >= 0.6 is 11.8 Å². The maximum atomic E-state index is 13.4. The SMILES string of the molecule is C=CC[C@H](NC(=O)[C@H](CCSC)NC(=O)[C@@H](NC(=O)OC(C)(C)C)C(C)C)[C@@H](O)C[C@@H](C)C(=O)N[C@H](CO)C(C)C. The van der Waals surface area contributed by atoms with Gasteiger partial charge in [0.05, 0.1) is 24.8 Å². The van der Waals surface area contributed by atoms with Gasteiger partial charge < -0.3 is 36.2 Å². The smallest absolute Gasteiger partial charge is 0.408 e.